The Balaban J connectivity index is 2.66. The largest absolute Gasteiger partial charge is 0.368 e. The van der Waals surface area contributed by atoms with Gasteiger partial charge in [0.15, 0.2) is 5.16 Å². The summed E-state index contributed by atoms with van der Waals surface area (Å²) in [6.45, 7) is 5.77. The number of thioether (sulfide) groups is 1. The van der Waals surface area contributed by atoms with E-state index in [0.717, 1.165) is 10.9 Å². The Morgan fingerprint density at radius 3 is 2.83 bits per heavy atom. The lowest BCUT2D eigenvalue weighted by Crippen LogP contribution is -2.52. The number of carbonyl (C=O) groups excluding carboxylic acids is 1. The van der Waals surface area contributed by atoms with Crippen molar-refractivity contribution in [3.05, 3.63) is 18.0 Å². The lowest BCUT2D eigenvalue weighted by Gasteiger charge is -2.28. The number of primary amides is 1. The van der Waals surface area contributed by atoms with E-state index in [9.17, 15) is 4.79 Å². The number of nitrogens with one attached hydrogen (secondary N) is 1. The van der Waals surface area contributed by atoms with Gasteiger partial charge in [0.05, 0.1) is 5.54 Å². The van der Waals surface area contributed by atoms with Crippen molar-refractivity contribution >= 4 is 17.7 Å². The van der Waals surface area contributed by atoms with Gasteiger partial charge in [-0.05, 0) is 33.4 Å². The first-order valence-electron chi connectivity index (χ1n) is 5.82. The van der Waals surface area contributed by atoms with Crippen LogP contribution in [-0.2, 0) is 4.79 Å². The van der Waals surface area contributed by atoms with E-state index in [1.54, 1.807) is 25.0 Å². The predicted molar refractivity (Wildman–Crippen MR) is 73.4 cm³/mol. The van der Waals surface area contributed by atoms with E-state index in [0.29, 0.717) is 6.42 Å². The van der Waals surface area contributed by atoms with Crippen LogP contribution in [0.25, 0.3) is 0 Å². The fourth-order valence-electron chi connectivity index (χ4n) is 1.61. The molecule has 1 aromatic heterocycles. The number of hydrogen-bond donors (Lipinski definition) is 2. The molecule has 0 fully saturated rings. The lowest BCUT2D eigenvalue weighted by atomic mass is 9.95. The normalized spacial score (nSPS) is 16.0. The van der Waals surface area contributed by atoms with Crippen molar-refractivity contribution in [1.82, 2.24) is 15.3 Å². The minimum Gasteiger partial charge on any atom is -0.368 e. The van der Waals surface area contributed by atoms with Gasteiger partial charge in [-0.2, -0.15) is 0 Å². The summed E-state index contributed by atoms with van der Waals surface area (Å²) in [7, 11) is 1.74. The summed E-state index contributed by atoms with van der Waals surface area (Å²) < 4.78 is 0. The summed E-state index contributed by atoms with van der Waals surface area (Å²) in [5.41, 5.74) is 5.64. The van der Waals surface area contributed by atoms with Crippen molar-refractivity contribution in [2.45, 2.75) is 43.1 Å². The van der Waals surface area contributed by atoms with Gasteiger partial charge >= 0.3 is 0 Å². The molecule has 0 saturated carbocycles. The molecule has 3 N–H and O–H groups in total. The minimum atomic E-state index is -0.698. The summed E-state index contributed by atoms with van der Waals surface area (Å²) in [5, 5.41) is 3.90. The van der Waals surface area contributed by atoms with Gasteiger partial charge in [0.25, 0.3) is 0 Å². The Morgan fingerprint density at radius 1 is 1.67 bits per heavy atom. The minimum absolute atomic E-state index is 0.191. The van der Waals surface area contributed by atoms with Crippen LogP contribution in [0.4, 0.5) is 0 Å². The van der Waals surface area contributed by atoms with E-state index in [1.807, 2.05) is 26.8 Å². The second-order valence-electron chi connectivity index (χ2n) is 4.56. The molecule has 6 heteroatoms. The maximum absolute atomic E-state index is 11.4. The fourth-order valence-corrected chi connectivity index (χ4v) is 2.70. The Labute approximate surface area is 112 Å². The summed E-state index contributed by atoms with van der Waals surface area (Å²) in [6.07, 6.45) is 2.36. The number of aromatic nitrogens is 2. The smallest absolute Gasteiger partial charge is 0.237 e. The van der Waals surface area contributed by atoms with Crippen molar-refractivity contribution in [2.75, 3.05) is 7.05 Å². The van der Waals surface area contributed by atoms with Gasteiger partial charge in [-0.15, -0.1) is 0 Å². The molecule has 100 valence electrons. The van der Waals surface area contributed by atoms with Crippen LogP contribution < -0.4 is 11.1 Å². The number of aryl methyl sites for hydroxylation is 1. The molecule has 1 heterocycles. The first-order chi connectivity index (χ1) is 8.37. The van der Waals surface area contributed by atoms with Gasteiger partial charge in [0.1, 0.15) is 0 Å². The molecule has 18 heavy (non-hydrogen) atoms. The summed E-state index contributed by atoms with van der Waals surface area (Å²) in [5.74, 6) is -0.345. The van der Waals surface area contributed by atoms with Crippen molar-refractivity contribution < 1.29 is 4.79 Å². The monoisotopic (exact) mass is 268 g/mol. The zero-order valence-corrected chi connectivity index (χ0v) is 12.0. The van der Waals surface area contributed by atoms with Gasteiger partial charge < -0.3 is 11.1 Å². The number of nitrogens with two attached hydrogens (primary N) is 1. The van der Waals surface area contributed by atoms with E-state index in [2.05, 4.69) is 15.3 Å². The summed E-state index contributed by atoms with van der Waals surface area (Å²) in [4.78, 5) is 19.9. The van der Waals surface area contributed by atoms with Gasteiger partial charge in [-0.1, -0.05) is 18.7 Å². The third-order valence-corrected chi connectivity index (χ3v) is 3.85. The van der Waals surface area contributed by atoms with Gasteiger partial charge in [-0.25, -0.2) is 9.97 Å². The molecule has 0 aliphatic carbocycles. The predicted octanol–water partition coefficient (Wildman–Crippen LogP) is 1.12. The van der Waals surface area contributed by atoms with Gasteiger partial charge in [0.2, 0.25) is 5.91 Å². The van der Waals surface area contributed by atoms with Crippen molar-refractivity contribution in [3.8, 4) is 0 Å². The molecule has 0 saturated heterocycles. The standard InChI is InChI=1S/C12H20N4OS/c1-8-5-6-15-11(16-8)18-9(2)7-12(3,14-4)10(13)17/h5-6,9,14H,7H2,1-4H3,(H2,13,17). The topological polar surface area (TPSA) is 80.9 Å². The molecule has 2 atom stereocenters. The Kier molecular flexibility index (Phi) is 5.10. The molecule has 1 aromatic rings. The highest BCUT2D eigenvalue weighted by Crippen LogP contribution is 2.26. The quantitative estimate of drug-likeness (QED) is 0.597. The maximum Gasteiger partial charge on any atom is 0.237 e. The highest BCUT2D eigenvalue weighted by Gasteiger charge is 2.31. The molecule has 1 amide bonds. The SMILES string of the molecule is CNC(C)(CC(C)Sc1nccc(C)n1)C(N)=O. The van der Waals surface area contributed by atoms with Crippen LogP contribution >= 0.6 is 11.8 Å². The van der Waals surface area contributed by atoms with E-state index in [-0.39, 0.29) is 11.2 Å². The lowest BCUT2D eigenvalue weighted by molar-refractivity contribution is -0.123. The average Bonchev–Trinajstić information content (AvgIpc) is 2.28. The second-order valence-corrected chi connectivity index (χ2v) is 5.97. The average molecular weight is 268 g/mol. The van der Waals surface area contributed by atoms with Crippen LogP contribution in [0.1, 0.15) is 26.0 Å². The number of rotatable bonds is 6. The Morgan fingerprint density at radius 2 is 2.33 bits per heavy atom. The van der Waals surface area contributed by atoms with E-state index in [4.69, 9.17) is 5.73 Å². The first kappa shape index (κ1) is 14.9. The third-order valence-electron chi connectivity index (χ3n) is 2.87. The molecule has 0 aliphatic heterocycles. The van der Waals surface area contributed by atoms with Crippen LogP contribution in [0.15, 0.2) is 17.4 Å². The van der Waals surface area contributed by atoms with Crippen LogP contribution in [-0.4, -0.2) is 33.7 Å². The molecular formula is C12H20N4OS. The number of hydrogen-bond acceptors (Lipinski definition) is 5. The molecule has 0 spiro atoms. The highest BCUT2D eigenvalue weighted by atomic mass is 32.2. The molecule has 0 radical (unpaired) electrons. The van der Waals surface area contributed by atoms with E-state index in [1.165, 1.54) is 0 Å². The number of carbonyl (C=O) groups is 1. The van der Waals surface area contributed by atoms with Crippen molar-refractivity contribution in [3.63, 3.8) is 0 Å². The molecular weight excluding hydrogens is 248 g/mol. The molecule has 0 aliphatic rings. The van der Waals surface area contributed by atoms with E-state index >= 15 is 0 Å². The van der Waals surface area contributed by atoms with Gasteiger partial charge in [0, 0.05) is 17.1 Å². The maximum atomic E-state index is 11.4. The number of amides is 1. The highest BCUT2D eigenvalue weighted by molar-refractivity contribution is 7.99. The Bertz CT molecular complexity index is 426. The zero-order valence-electron chi connectivity index (χ0n) is 11.2. The van der Waals surface area contributed by atoms with Crippen LogP contribution in [0, 0.1) is 6.92 Å². The summed E-state index contributed by atoms with van der Waals surface area (Å²) in [6, 6.07) is 1.86. The Hall–Kier alpha value is -1.14. The van der Waals surface area contributed by atoms with Crippen LogP contribution in [0.5, 0.6) is 0 Å². The fraction of sp³-hybridized carbons (Fsp3) is 0.583. The zero-order chi connectivity index (χ0) is 13.8. The second kappa shape index (κ2) is 6.15. The van der Waals surface area contributed by atoms with Crippen LogP contribution in [0.3, 0.4) is 0 Å². The first-order valence-corrected chi connectivity index (χ1v) is 6.70. The van der Waals surface area contributed by atoms with Gasteiger partial charge in [-0.3, -0.25) is 4.79 Å². The number of nitrogens with zero attached hydrogens (tertiary/aromatic N) is 2. The summed E-state index contributed by atoms with van der Waals surface area (Å²) >= 11 is 1.55. The molecule has 5 nitrogen and oxygen atoms in total. The number of likely N-dealkylation sites (N-methyl/N-ethyl adjacent to an activating group) is 1. The molecule has 0 bridgehead atoms. The molecule has 1 rings (SSSR count). The van der Waals surface area contributed by atoms with Crippen molar-refractivity contribution in [2.24, 2.45) is 5.73 Å². The molecule has 0 aromatic carbocycles. The van der Waals surface area contributed by atoms with E-state index < -0.39 is 5.54 Å². The third kappa shape index (κ3) is 3.96. The van der Waals surface area contributed by atoms with Crippen molar-refractivity contribution in [1.29, 1.82) is 0 Å². The molecule has 2 unspecified atom stereocenters. The van der Waals surface area contributed by atoms with Crippen LogP contribution in [0.2, 0.25) is 0 Å².